The van der Waals surface area contributed by atoms with Gasteiger partial charge in [0.1, 0.15) is 17.2 Å². The van der Waals surface area contributed by atoms with Crippen LogP contribution in [0, 0.1) is 0 Å². The van der Waals surface area contributed by atoms with E-state index in [2.05, 4.69) is 0 Å². The normalized spacial score (nSPS) is 17.4. The molecule has 1 fully saturated rings. The van der Waals surface area contributed by atoms with Crippen molar-refractivity contribution in [2.45, 2.75) is 24.8 Å². The van der Waals surface area contributed by atoms with E-state index in [1.54, 1.807) is 36.2 Å². The Hall–Kier alpha value is -4.13. The number of likely N-dealkylation sites (tertiary alicyclic amines) is 1. The van der Waals surface area contributed by atoms with Gasteiger partial charge in [0.25, 0.3) is 0 Å². The molecule has 3 aromatic rings. The summed E-state index contributed by atoms with van der Waals surface area (Å²) < 4.78 is 11.3. The van der Waals surface area contributed by atoms with Crippen molar-refractivity contribution in [1.29, 1.82) is 0 Å². The van der Waals surface area contributed by atoms with Crippen molar-refractivity contribution in [3.05, 3.63) is 90.0 Å². The smallest absolute Gasteiger partial charge is 0.240 e. The van der Waals surface area contributed by atoms with Gasteiger partial charge in [0.05, 0.1) is 12.5 Å². The van der Waals surface area contributed by atoms with Crippen LogP contribution in [0.4, 0.5) is 0 Å². The van der Waals surface area contributed by atoms with Gasteiger partial charge in [-0.2, -0.15) is 0 Å². The Morgan fingerprint density at radius 1 is 0.943 bits per heavy atom. The van der Waals surface area contributed by atoms with E-state index in [-0.39, 0.29) is 24.7 Å². The third-order valence-electron chi connectivity index (χ3n) is 6.36. The van der Waals surface area contributed by atoms with Crippen LogP contribution in [0.3, 0.4) is 0 Å². The predicted octanol–water partition coefficient (Wildman–Crippen LogP) is 4.16. The maximum absolute atomic E-state index is 13.3. The summed E-state index contributed by atoms with van der Waals surface area (Å²) in [5, 5.41) is 0. The zero-order valence-electron chi connectivity index (χ0n) is 20.1. The molecule has 7 nitrogen and oxygen atoms in total. The number of imide groups is 1. The summed E-state index contributed by atoms with van der Waals surface area (Å²) >= 11 is 0. The van der Waals surface area contributed by atoms with E-state index in [0.717, 1.165) is 16.2 Å². The minimum absolute atomic E-state index is 0.0756. The highest BCUT2D eigenvalue weighted by molar-refractivity contribution is 6.10. The Labute approximate surface area is 204 Å². The molecule has 1 aliphatic heterocycles. The number of hydrogen-bond donors (Lipinski definition) is 0. The lowest BCUT2D eigenvalue weighted by molar-refractivity contribution is -0.141. The number of hydrogen-bond acceptors (Lipinski definition) is 5. The highest BCUT2D eigenvalue weighted by Gasteiger charge is 2.54. The van der Waals surface area contributed by atoms with Crippen molar-refractivity contribution in [2.75, 3.05) is 21.2 Å². The van der Waals surface area contributed by atoms with Crippen LogP contribution in [0.25, 0.3) is 0 Å². The van der Waals surface area contributed by atoms with Crippen molar-refractivity contribution >= 4 is 17.7 Å². The maximum Gasteiger partial charge on any atom is 0.240 e. The average Bonchev–Trinajstić information content (AvgIpc) is 3.09. The number of likely N-dealkylation sites (N-methyl/N-ethyl adjacent to an activating group) is 1. The summed E-state index contributed by atoms with van der Waals surface area (Å²) in [7, 11) is 4.66. The number of carbonyl (C=O) groups excluding carboxylic acids is 3. The number of methoxy groups -OCH3 is 1. The summed E-state index contributed by atoms with van der Waals surface area (Å²) in [5.74, 6) is 0.976. The minimum atomic E-state index is -1.29. The number of amides is 3. The number of rotatable bonds is 8. The molecule has 35 heavy (non-hydrogen) atoms. The molecule has 0 saturated carbocycles. The van der Waals surface area contributed by atoms with Gasteiger partial charge < -0.3 is 14.4 Å². The summed E-state index contributed by atoms with van der Waals surface area (Å²) in [6, 6.07) is 24.1. The summed E-state index contributed by atoms with van der Waals surface area (Å²) in [5.41, 5.74) is 0.171. The van der Waals surface area contributed by atoms with Crippen LogP contribution in [-0.4, -0.2) is 48.7 Å². The maximum atomic E-state index is 13.3. The third-order valence-corrected chi connectivity index (χ3v) is 6.36. The molecular formula is C28H28N2O5. The molecule has 3 amide bonds. The van der Waals surface area contributed by atoms with Gasteiger partial charge in [-0.1, -0.05) is 48.5 Å². The highest BCUT2D eigenvalue weighted by atomic mass is 16.5. The number of carbonyl (C=O) groups is 3. The molecule has 180 valence electrons. The Bertz CT molecular complexity index is 1230. The SMILES string of the molecule is COc1ccccc1C1(CC(=O)N(C)Cc2ccc(Oc3ccccc3)cc2)CC(=O)N(C)C1=O. The first-order chi connectivity index (χ1) is 16.8. The third kappa shape index (κ3) is 4.89. The molecule has 0 radical (unpaired) electrons. The molecule has 0 N–H and O–H groups in total. The van der Waals surface area contributed by atoms with E-state index < -0.39 is 11.3 Å². The largest absolute Gasteiger partial charge is 0.496 e. The second kappa shape index (κ2) is 10.0. The molecule has 0 aliphatic carbocycles. The minimum Gasteiger partial charge on any atom is -0.496 e. The molecule has 1 saturated heterocycles. The molecule has 0 aromatic heterocycles. The first kappa shape index (κ1) is 24.0. The Kier molecular flexibility index (Phi) is 6.87. The summed E-state index contributed by atoms with van der Waals surface area (Å²) in [6.07, 6.45) is -0.207. The molecule has 4 rings (SSSR count). The van der Waals surface area contributed by atoms with Crippen LogP contribution in [0.2, 0.25) is 0 Å². The standard InChI is InChI=1S/C28H28N2O5/c1-29(19-20-13-15-22(16-14-20)35-21-9-5-4-6-10-21)25(31)17-28(18-26(32)30(2)27(28)33)23-11-7-8-12-24(23)34-3/h4-16H,17-19H2,1-3H3. The highest BCUT2D eigenvalue weighted by Crippen LogP contribution is 2.43. The van der Waals surface area contributed by atoms with Crippen molar-refractivity contribution in [2.24, 2.45) is 0 Å². The van der Waals surface area contributed by atoms with Gasteiger partial charge >= 0.3 is 0 Å². The Morgan fingerprint density at radius 2 is 1.57 bits per heavy atom. The summed E-state index contributed by atoms with van der Waals surface area (Å²) in [4.78, 5) is 41.8. The van der Waals surface area contributed by atoms with Crippen LogP contribution in [0.15, 0.2) is 78.9 Å². The van der Waals surface area contributed by atoms with Gasteiger partial charge in [-0.05, 0) is 35.9 Å². The quantitative estimate of drug-likeness (QED) is 0.460. The van der Waals surface area contributed by atoms with Crippen molar-refractivity contribution < 1.29 is 23.9 Å². The van der Waals surface area contributed by atoms with Gasteiger partial charge in [0.15, 0.2) is 0 Å². The van der Waals surface area contributed by atoms with Gasteiger partial charge in [0.2, 0.25) is 17.7 Å². The van der Waals surface area contributed by atoms with Gasteiger partial charge in [-0.25, -0.2) is 0 Å². The van der Waals surface area contributed by atoms with E-state index in [4.69, 9.17) is 9.47 Å². The fourth-order valence-electron chi connectivity index (χ4n) is 4.41. The number of para-hydroxylation sites is 2. The van der Waals surface area contributed by atoms with E-state index in [1.807, 2.05) is 54.6 Å². The Balaban J connectivity index is 1.50. The lowest BCUT2D eigenvalue weighted by Crippen LogP contribution is -2.41. The number of nitrogens with zero attached hydrogens (tertiary/aromatic N) is 2. The van der Waals surface area contributed by atoms with Crippen LogP contribution >= 0.6 is 0 Å². The van der Waals surface area contributed by atoms with Crippen LogP contribution in [-0.2, 0) is 26.3 Å². The molecular weight excluding hydrogens is 444 g/mol. The Morgan fingerprint density at radius 3 is 2.20 bits per heavy atom. The molecule has 0 bridgehead atoms. The lowest BCUT2D eigenvalue weighted by atomic mass is 9.75. The molecule has 3 aromatic carbocycles. The zero-order valence-corrected chi connectivity index (χ0v) is 20.1. The molecule has 1 atom stereocenters. The van der Waals surface area contributed by atoms with Crippen molar-refractivity contribution in [1.82, 2.24) is 9.80 Å². The second-order valence-electron chi connectivity index (χ2n) is 8.70. The summed E-state index contributed by atoms with van der Waals surface area (Å²) in [6.45, 7) is 0.352. The fraction of sp³-hybridized carbons (Fsp3) is 0.250. The topological polar surface area (TPSA) is 76.2 Å². The molecule has 0 spiro atoms. The fourth-order valence-corrected chi connectivity index (χ4v) is 4.41. The van der Waals surface area contributed by atoms with Crippen molar-refractivity contribution in [3.8, 4) is 17.2 Å². The van der Waals surface area contributed by atoms with E-state index in [0.29, 0.717) is 23.6 Å². The van der Waals surface area contributed by atoms with E-state index in [1.165, 1.54) is 14.2 Å². The number of benzene rings is 3. The van der Waals surface area contributed by atoms with E-state index >= 15 is 0 Å². The molecule has 7 heteroatoms. The first-order valence-electron chi connectivity index (χ1n) is 11.3. The van der Waals surface area contributed by atoms with E-state index in [9.17, 15) is 14.4 Å². The van der Waals surface area contributed by atoms with Crippen LogP contribution in [0.5, 0.6) is 17.2 Å². The van der Waals surface area contributed by atoms with Gasteiger partial charge in [0, 0.05) is 39.0 Å². The first-order valence-corrected chi connectivity index (χ1v) is 11.3. The predicted molar refractivity (Wildman–Crippen MR) is 131 cm³/mol. The number of ether oxygens (including phenoxy) is 2. The lowest BCUT2D eigenvalue weighted by Gasteiger charge is -2.30. The van der Waals surface area contributed by atoms with Crippen LogP contribution in [0.1, 0.15) is 24.0 Å². The van der Waals surface area contributed by atoms with Crippen molar-refractivity contribution in [3.63, 3.8) is 0 Å². The molecule has 1 aliphatic rings. The monoisotopic (exact) mass is 472 g/mol. The van der Waals surface area contributed by atoms with Crippen LogP contribution < -0.4 is 9.47 Å². The molecule has 1 heterocycles. The van der Waals surface area contributed by atoms with Gasteiger partial charge in [-0.3, -0.25) is 19.3 Å². The average molecular weight is 473 g/mol. The molecule has 1 unspecified atom stereocenters. The zero-order chi connectivity index (χ0) is 25.0. The second-order valence-corrected chi connectivity index (χ2v) is 8.70. The van der Waals surface area contributed by atoms with Gasteiger partial charge in [-0.15, -0.1) is 0 Å².